The second-order valence-electron chi connectivity index (χ2n) is 7.56. The van der Waals surface area contributed by atoms with Crippen LogP contribution in [0.2, 0.25) is 10.0 Å². The van der Waals surface area contributed by atoms with E-state index in [0.29, 0.717) is 21.5 Å². The van der Waals surface area contributed by atoms with E-state index in [0.717, 1.165) is 11.1 Å². The first-order chi connectivity index (χ1) is 16.6. The van der Waals surface area contributed by atoms with Crippen molar-refractivity contribution in [3.05, 3.63) is 81.3 Å². The molecular weight excluding hydrogens is 495 g/mol. The van der Waals surface area contributed by atoms with Crippen LogP contribution in [0.1, 0.15) is 21.5 Å². The van der Waals surface area contributed by atoms with Gasteiger partial charge in [0.15, 0.2) is 13.2 Å². The zero-order chi connectivity index (χ0) is 25.5. The van der Waals surface area contributed by atoms with Crippen LogP contribution in [0.5, 0.6) is 11.5 Å². The summed E-state index contributed by atoms with van der Waals surface area (Å²) >= 11 is 11.9. The molecule has 0 unspecified atom stereocenters. The van der Waals surface area contributed by atoms with Crippen molar-refractivity contribution >= 4 is 52.4 Å². The molecule has 3 rings (SSSR count). The third kappa shape index (κ3) is 7.37. The Morgan fingerprint density at radius 3 is 1.69 bits per heavy atom. The molecule has 0 saturated carbocycles. The average Bonchev–Trinajstić information content (AvgIpc) is 2.79. The van der Waals surface area contributed by atoms with Crippen LogP contribution in [-0.2, 0) is 9.59 Å². The zero-order valence-electron chi connectivity index (χ0n) is 18.9. The fourth-order valence-electron chi connectivity index (χ4n) is 3.10. The van der Waals surface area contributed by atoms with Crippen molar-refractivity contribution < 1.29 is 29.0 Å². The SMILES string of the molecule is Cc1cc(Cl)ccc1OCC(=O)Nc1ccc(C(=O)O)cc1NC(=O)COc1ccc(Cl)cc1C. The number of aryl methyl sites for hydroxylation is 2. The Labute approximate surface area is 211 Å². The minimum atomic E-state index is -1.19. The number of carboxylic acid groups (broad SMARTS) is 1. The summed E-state index contributed by atoms with van der Waals surface area (Å²) in [5.41, 5.74) is 1.75. The molecule has 0 aliphatic carbocycles. The molecule has 0 heterocycles. The van der Waals surface area contributed by atoms with Gasteiger partial charge in [-0.05, 0) is 79.6 Å². The number of nitrogens with one attached hydrogen (secondary N) is 2. The molecule has 0 aliphatic rings. The van der Waals surface area contributed by atoms with Gasteiger partial charge in [-0.25, -0.2) is 4.79 Å². The predicted molar refractivity (Wildman–Crippen MR) is 134 cm³/mol. The molecule has 0 bridgehead atoms. The smallest absolute Gasteiger partial charge is 0.335 e. The van der Waals surface area contributed by atoms with Crippen LogP contribution in [0.4, 0.5) is 11.4 Å². The van der Waals surface area contributed by atoms with Gasteiger partial charge in [0.05, 0.1) is 16.9 Å². The molecule has 10 heteroatoms. The summed E-state index contributed by atoms with van der Waals surface area (Å²) in [5.74, 6) is -1.27. The van der Waals surface area contributed by atoms with E-state index in [1.165, 1.54) is 18.2 Å². The first kappa shape index (κ1) is 25.9. The highest BCUT2D eigenvalue weighted by atomic mass is 35.5. The van der Waals surface area contributed by atoms with Gasteiger partial charge in [0.1, 0.15) is 11.5 Å². The molecule has 0 atom stereocenters. The predicted octanol–water partition coefficient (Wildman–Crippen LogP) is 5.34. The maximum Gasteiger partial charge on any atom is 0.335 e. The van der Waals surface area contributed by atoms with Crippen molar-refractivity contribution in [3.8, 4) is 11.5 Å². The third-order valence-electron chi connectivity index (χ3n) is 4.81. The van der Waals surface area contributed by atoms with E-state index in [1.54, 1.807) is 50.2 Å². The van der Waals surface area contributed by atoms with Crippen molar-refractivity contribution in [1.29, 1.82) is 0 Å². The van der Waals surface area contributed by atoms with Crippen molar-refractivity contribution in [2.75, 3.05) is 23.8 Å². The van der Waals surface area contributed by atoms with Gasteiger partial charge < -0.3 is 25.2 Å². The van der Waals surface area contributed by atoms with E-state index in [9.17, 15) is 19.5 Å². The molecule has 182 valence electrons. The van der Waals surface area contributed by atoms with Gasteiger partial charge in [-0.2, -0.15) is 0 Å². The van der Waals surface area contributed by atoms with Crippen LogP contribution in [0.25, 0.3) is 0 Å². The largest absolute Gasteiger partial charge is 0.483 e. The fourth-order valence-corrected chi connectivity index (χ4v) is 3.55. The number of hydrogen-bond donors (Lipinski definition) is 3. The second-order valence-corrected chi connectivity index (χ2v) is 8.43. The van der Waals surface area contributed by atoms with Gasteiger partial charge in [0.25, 0.3) is 11.8 Å². The molecule has 0 aliphatic heterocycles. The highest BCUT2D eigenvalue weighted by Gasteiger charge is 2.15. The van der Waals surface area contributed by atoms with Crippen molar-refractivity contribution in [2.45, 2.75) is 13.8 Å². The van der Waals surface area contributed by atoms with Crippen LogP contribution in [0.3, 0.4) is 0 Å². The number of carboxylic acids is 1. The van der Waals surface area contributed by atoms with Gasteiger partial charge in [-0.15, -0.1) is 0 Å². The van der Waals surface area contributed by atoms with Crippen LogP contribution < -0.4 is 20.1 Å². The lowest BCUT2D eigenvalue weighted by atomic mass is 10.1. The number of halogens is 2. The van der Waals surface area contributed by atoms with Crippen LogP contribution in [0, 0.1) is 13.8 Å². The summed E-state index contributed by atoms with van der Waals surface area (Å²) in [5, 5.41) is 15.6. The van der Waals surface area contributed by atoms with Crippen LogP contribution in [0.15, 0.2) is 54.6 Å². The number of aromatic carboxylic acids is 1. The normalized spacial score (nSPS) is 10.4. The maximum atomic E-state index is 12.5. The van der Waals surface area contributed by atoms with E-state index < -0.39 is 17.8 Å². The number of carbonyl (C=O) groups excluding carboxylic acids is 2. The standard InChI is InChI=1S/C25H22Cl2N2O6/c1-14-9-17(26)4-7-21(14)34-12-23(30)28-19-6-3-16(25(32)33)11-20(19)29-24(31)13-35-22-8-5-18(27)10-15(22)2/h3-11H,12-13H2,1-2H3,(H,28,30)(H,29,31)(H,32,33). The lowest BCUT2D eigenvalue weighted by Gasteiger charge is -2.15. The van der Waals surface area contributed by atoms with E-state index in [4.69, 9.17) is 32.7 Å². The summed E-state index contributed by atoms with van der Waals surface area (Å²) in [6, 6.07) is 13.9. The molecule has 0 saturated heterocycles. The van der Waals surface area contributed by atoms with Crippen molar-refractivity contribution in [1.82, 2.24) is 0 Å². The zero-order valence-corrected chi connectivity index (χ0v) is 20.4. The summed E-state index contributed by atoms with van der Waals surface area (Å²) in [7, 11) is 0. The Balaban J connectivity index is 1.68. The van der Waals surface area contributed by atoms with E-state index in [1.807, 2.05) is 0 Å². The molecule has 0 aromatic heterocycles. The first-order valence-corrected chi connectivity index (χ1v) is 11.1. The average molecular weight is 517 g/mol. The molecule has 3 aromatic carbocycles. The Kier molecular flexibility index (Phi) is 8.57. The molecular formula is C25H22Cl2N2O6. The van der Waals surface area contributed by atoms with Crippen LogP contribution >= 0.6 is 23.2 Å². The number of amides is 2. The lowest BCUT2D eigenvalue weighted by molar-refractivity contribution is -0.119. The molecule has 3 N–H and O–H groups in total. The highest BCUT2D eigenvalue weighted by molar-refractivity contribution is 6.31. The quantitative estimate of drug-likeness (QED) is 0.353. The summed E-state index contributed by atoms with van der Waals surface area (Å²) < 4.78 is 11.1. The van der Waals surface area contributed by atoms with Gasteiger partial charge in [-0.3, -0.25) is 9.59 Å². The van der Waals surface area contributed by atoms with Crippen molar-refractivity contribution in [3.63, 3.8) is 0 Å². The second kappa shape index (κ2) is 11.6. The number of rotatable bonds is 9. The summed E-state index contributed by atoms with van der Waals surface area (Å²) in [6.45, 7) is 2.93. The Morgan fingerprint density at radius 2 is 1.23 bits per heavy atom. The number of carbonyl (C=O) groups is 3. The third-order valence-corrected chi connectivity index (χ3v) is 5.28. The summed E-state index contributed by atoms with van der Waals surface area (Å²) in [4.78, 5) is 36.4. The topological polar surface area (TPSA) is 114 Å². The Hall–Kier alpha value is -3.75. The summed E-state index contributed by atoms with van der Waals surface area (Å²) in [6.07, 6.45) is 0. The van der Waals surface area contributed by atoms with Crippen LogP contribution in [-0.4, -0.2) is 36.1 Å². The molecule has 8 nitrogen and oxygen atoms in total. The number of hydrogen-bond acceptors (Lipinski definition) is 5. The Morgan fingerprint density at radius 1 is 0.743 bits per heavy atom. The van der Waals surface area contributed by atoms with Gasteiger partial charge in [0, 0.05) is 10.0 Å². The van der Waals surface area contributed by atoms with Gasteiger partial charge in [0.2, 0.25) is 0 Å². The number of ether oxygens (including phenoxy) is 2. The first-order valence-electron chi connectivity index (χ1n) is 10.4. The van der Waals surface area contributed by atoms with E-state index in [-0.39, 0.29) is 30.2 Å². The van der Waals surface area contributed by atoms with Gasteiger partial charge in [-0.1, -0.05) is 23.2 Å². The number of anilines is 2. The monoisotopic (exact) mass is 516 g/mol. The van der Waals surface area contributed by atoms with Crippen molar-refractivity contribution in [2.24, 2.45) is 0 Å². The molecule has 0 spiro atoms. The molecule has 35 heavy (non-hydrogen) atoms. The molecule has 3 aromatic rings. The highest BCUT2D eigenvalue weighted by Crippen LogP contribution is 2.26. The molecule has 0 radical (unpaired) electrons. The fraction of sp³-hybridized carbons (Fsp3) is 0.160. The Bertz CT molecular complexity index is 1280. The van der Waals surface area contributed by atoms with Gasteiger partial charge >= 0.3 is 5.97 Å². The van der Waals surface area contributed by atoms with E-state index >= 15 is 0 Å². The minimum Gasteiger partial charge on any atom is -0.483 e. The number of benzene rings is 3. The maximum absolute atomic E-state index is 12.5. The minimum absolute atomic E-state index is 0.0687. The molecule has 2 amide bonds. The molecule has 0 fully saturated rings. The lowest BCUT2D eigenvalue weighted by Crippen LogP contribution is -2.24. The van der Waals surface area contributed by atoms with E-state index in [2.05, 4.69) is 10.6 Å².